The van der Waals surface area contributed by atoms with E-state index in [0.29, 0.717) is 0 Å². The molecule has 0 saturated carbocycles. The molecule has 7 heteroatoms. The number of ether oxygens (including phenoxy) is 1. The van der Waals surface area contributed by atoms with Crippen LogP contribution in [0.5, 0.6) is 0 Å². The first kappa shape index (κ1) is 16.2. The molecule has 0 aliphatic carbocycles. The second-order valence-electron chi connectivity index (χ2n) is 3.54. The van der Waals surface area contributed by atoms with Gasteiger partial charge < -0.3 is 10.1 Å². The first-order valence-corrected chi connectivity index (χ1v) is 9.18. The minimum atomic E-state index is 0.823. The Morgan fingerprint density at radius 1 is 1.22 bits per heavy atom. The highest BCUT2D eigenvalue weighted by molar-refractivity contribution is 8.02. The van der Waals surface area contributed by atoms with Crippen LogP contribution in [0.1, 0.15) is 19.8 Å². The van der Waals surface area contributed by atoms with Crippen LogP contribution >= 0.6 is 34.9 Å². The van der Waals surface area contributed by atoms with E-state index in [4.69, 9.17) is 4.74 Å². The number of hydrogen-bond acceptors (Lipinski definition) is 7. The fraction of sp³-hybridized carbons (Fsp3) is 0.818. The van der Waals surface area contributed by atoms with Crippen LogP contribution in [0.25, 0.3) is 0 Å². The van der Waals surface area contributed by atoms with Gasteiger partial charge >= 0.3 is 0 Å². The smallest absolute Gasteiger partial charge is 0.175 e. The van der Waals surface area contributed by atoms with Gasteiger partial charge in [-0.25, -0.2) is 0 Å². The van der Waals surface area contributed by atoms with E-state index in [9.17, 15) is 0 Å². The number of rotatable bonds is 11. The zero-order valence-corrected chi connectivity index (χ0v) is 13.4. The summed E-state index contributed by atoms with van der Waals surface area (Å²) < 4.78 is 7.39. The molecule has 1 heterocycles. The standard InChI is InChI=1S/C11H21N3OS3/c1-3-15-8-5-4-6-12-7-9-17-11-14-13-10(16-2)18-11/h12H,3-9H2,1-2H3. The predicted octanol–water partition coefficient (Wildman–Crippen LogP) is 2.76. The predicted molar refractivity (Wildman–Crippen MR) is 81.0 cm³/mol. The molecule has 0 radical (unpaired) electrons. The van der Waals surface area contributed by atoms with Crippen LogP contribution in [-0.2, 0) is 4.74 Å². The van der Waals surface area contributed by atoms with Crippen LogP contribution in [0.15, 0.2) is 8.68 Å². The summed E-state index contributed by atoms with van der Waals surface area (Å²) in [5, 5.41) is 11.6. The van der Waals surface area contributed by atoms with Crippen molar-refractivity contribution < 1.29 is 4.74 Å². The van der Waals surface area contributed by atoms with Crippen molar-refractivity contribution in [2.45, 2.75) is 28.4 Å². The third kappa shape index (κ3) is 7.58. The third-order valence-electron chi connectivity index (χ3n) is 2.16. The molecule has 0 amide bonds. The maximum Gasteiger partial charge on any atom is 0.175 e. The lowest BCUT2D eigenvalue weighted by atomic mass is 10.3. The summed E-state index contributed by atoms with van der Waals surface area (Å²) >= 11 is 5.09. The molecule has 0 aliphatic rings. The Labute approximate surface area is 122 Å². The molecule has 0 bridgehead atoms. The van der Waals surface area contributed by atoms with Crippen molar-refractivity contribution in [1.29, 1.82) is 0 Å². The van der Waals surface area contributed by atoms with E-state index in [-0.39, 0.29) is 0 Å². The molecule has 0 saturated heterocycles. The van der Waals surface area contributed by atoms with Gasteiger partial charge in [-0.05, 0) is 32.6 Å². The summed E-state index contributed by atoms with van der Waals surface area (Å²) in [5.74, 6) is 1.05. The van der Waals surface area contributed by atoms with Crippen molar-refractivity contribution in [3.05, 3.63) is 0 Å². The number of nitrogens with one attached hydrogen (secondary N) is 1. The van der Waals surface area contributed by atoms with Gasteiger partial charge in [0.15, 0.2) is 8.68 Å². The van der Waals surface area contributed by atoms with E-state index in [1.165, 1.54) is 6.42 Å². The van der Waals surface area contributed by atoms with Crippen LogP contribution in [0, 0.1) is 0 Å². The van der Waals surface area contributed by atoms with Crippen LogP contribution < -0.4 is 5.32 Å². The molecule has 0 atom stereocenters. The second-order valence-corrected chi connectivity index (χ2v) is 6.91. The maximum atomic E-state index is 5.28. The van der Waals surface area contributed by atoms with Gasteiger partial charge in [0.1, 0.15) is 0 Å². The molecule has 1 rings (SSSR count). The number of hydrogen-bond donors (Lipinski definition) is 1. The van der Waals surface area contributed by atoms with Gasteiger partial charge in [0.05, 0.1) is 0 Å². The summed E-state index contributed by atoms with van der Waals surface area (Å²) in [7, 11) is 0. The lowest BCUT2D eigenvalue weighted by Crippen LogP contribution is -2.18. The zero-order chi connectivity index (χ0) is 13.1. The van der Waals surface area contributed by atoms with Gasteiger partial charge in [-0.1, -0.05) is 34.9 Å². The van der Waals surface area contributed by atoms with E-state index >= 15 is 0 Å². The Morgan fingerprint density at radius 3 is 2.78 bits per heavy atom. The fourth-order valence-corrected chi connectivity index (χ4v) is 3.68. The van der Waals surface area contributed by atoms with E-state index in [0.717, 1.165) is 47.2 Å². The first-order valence-electron chi connectivity index (χ1n) is 6.15. The minimum Gasteiger partial charge on any atom is -0.382 e. The van der Waals surface area contributed by atoms with Gasteiger partial charge in [-0.3, -0.25) is 0 Å². The zero-order valence-electron chi connectivity index (χ0n) is 11.0. The molecule has 4 nitrogen and oxygen atoms in total. The normalized spacial score (nSPS) is 11.0. The Bertz CT molecular complexity index is 309. The highest BCUT2D eigenvalue weighted by Crippen LogP contribution is 2.26. The van der Waals surface area contributed by atoms with Crippen molar-refractivity contribution in [2.24, 2.45) is 0 Å². The highest BCUT2D eigenvalue weighted by Gasteiger charge is 2.02. The van der Waals surface area contributed by atoms with Gasteiger partial charge in [0, 0.05) is 25.5 Å². The average Bonchev–Trinajstić information content (AvgIpc) is 2.85. The molecule has 0 aromatic carbocycles. The van der Waals surface area contributed by atoms with E-state index in [2.05, 4.69) is 15.5 Å². The van der Waals surface area contributed by atoms with Crippen molar-refractivity contribution in [1.82, 2.24) is 15.5 Å². The molecule has 18 heavy (non-hydrogen) atoms. The third-order valence-corrected chi connectivity index (χ3v) is 5.20. The number of unbranched alkanes of at least 4 members (excludes halogenated alkanes) is 1. The summed E-state index contributed by atoms with van der Waals surface area (Å²) in [6.07, 6.45) is 4.35. The Balaban J connectivity index is 1.89. The molecule has 0 aliphatic heterocycles. The summed E-state index contributed by atoms with van der Waals surface area (Å²) in [5.41, 5.74) is 0. The Morgan fingerprint density at radius 2 is 2.06 bits per heavy atom. The highest BCUT2D eigenvalue weighted by atomic mass is 32.2. The van der Waals surface area contributed by atoms with Gasteiger partial charge in [0.2, 0.25) is 0 Å². The molecular weight excluding hydrogens is 286 g/mol. The lowest BCUT2D eigenvalue weighted by Gasteiger charge is -2.03. The molecule has 0 spiro atoms. The summed E-state index contributed by atoms with van der Waals surface area (Å²) in [6, 6.07) is 0. The van der Waals surface area contributed by atoms with Crippen molar-refractivity contribution in [3.8, 4) is 0 Å². The quantitative estimate of drug-likeness (QED) is 0.501. The molecular formula is C11H21N3OS3. The second kappa shape index (κ2) is 11.0. The number of aromatic nitrogens is 2. The fourth-order valence-electron chi connectivity index (χ4n) is 1.27. The lowest BCUT2D eigenvalue weighted by molar-refractivity contribution is 0.143. The monoisotopic (exact) mass is 307 g/mol. The summed E-state index contributed by atoms with van der Waals surface area (Å²) in [6.45, 7) is 5.83. The van der Waals surface area contributed by atoms with E-state index in [1.807, 2.05) is 13.2 Å². The average molecular weight is 308 g/mol. The van der Waals surface area contributed by atoms with Crippen molar-refractivity contribution in [3.63, 3.8) is 0 Å². The molecule has 1 aromatic rings. The maximum absolute atomic E-state index is 5.28. The number of nitrogens with zero attached hydrogens (tertiary/aromatic N) is 2. The van der Waals surface area contributed by atoms with Crippen LogP contribution in [0.3, 0.4) is 0 Å². The van der Waals surface area contributed by atoms with Crippen LogP contribution in [-0.4, -0.2) is 48.5 Å². The summed E-state index contributed by atoms with van der Waals surface area (Å²) in [4.78, 5) is 0. The molecule has 1 aromatic heterocycles. The van der Waals surface area contributed by atoms with Gasteiger partial charge in [-0.15, -0.1) is 10.2 Å². The van der Waals surface area contributed by atoms with E-state index in [1.54, 1.807) is 34.9 Å². The van der Waals surface area contributed by atoms with Gasteiger partial charge in [-0.2, -0.15) is 0 Å². The topological polar surface area (TPSA) is 47.0 Å². The SMILES string of the molecule is CCOCCCCNCCSc1nnc(SC)s1. The molecule has 104 valence electrons. The van der Waals surface area contributed by atoms with Crippen molar-refractivity contribution in [2.75, 3.05) is 38.3 Å². The van der Waals surface area contributed by atoms with Crippen LogP contribution in [0.4, 0.5) is 0 Å². The van der Waals surface area contributed by atoms with Crippen molar-refractivity contribution >= 4 is 34.9 Å². The molecule has 1 N–H and O–H groups in total. The largest absolute Gasteiger partial charge is 0.382 e. The minimum absolute atomic E-state index is 0.823. The Hall–Kier alpha value is 0.180. The number of thioether (sulfide) groups is 2. The molecule has 0 fully saturated rings. The molecule has 0 unspecified atom stereocenters. The van der Waals surface area contributed by atoms with Gasteiger partial charge in [0.25, 0.3) is 0 Å². The van der Waals surface area contributed by atoms with Crippen LogP contribution in [0.2, 0.25) is 0 Å². The Kier molecular flexibility index (Phi) is 9.96. The first-order chi connectivity index (χ1) is 8.86. The van der Waals surface area contributed by atoms with E-state index < -0.39 is 0 Å².